The number of aryl methyl sites for hydroxylation is 1. The van der Waals surface area contributed by atoms with Gasteiger partial charge in [0.2, 0.25) is 10.0 Å². The minimum absolute atomic E-state index is 0.0983. The van der Waals surface area contributed by atoms with Crippen molar-refractivity contribution < 1.29 is 13.2 Å². The second-order valence-corrected chi connectivity index (χ2v) is 7.10. The summed E-state index contributed by atoms with van der Waals surface area (Å²) in [5.41, 5.74) is 4.02. The molecule has 1 aromatic heterocycles. The third-order valence-electron chi connectivity index (χ3n) is 3.79. The minimum Gasteiger partial charge on any atom is -0.497 e. The van der Waals surface area contributed by atoms with E-state index in [1.807, 2.05) is 42.0 Å². The summed E-state index contributed by atoms with van der Waals surface area (Å²) in [6, 6.07) is 16.4. The Morgan fingerprint density at radius 2 is 1.62 bits per heavy atom. The minimum atomic E-state index is -3.69. The molecular formula is C18H18N2O3S. The van der Waals surface area contributed by atoms with E-state index in [9.17, 15) is 8.42 Å². The summed E-state index contributed by atoms with van der Waals surface area (Å²) in [5, 5.41) is 5.15. The molecule has 124 valence electrons. The van der Waals surface area contributed by atoms with E-state index in [4.69, 9.17) is 9.88 Å². The Balaban J connectivity index is 2.05. The van der Waals surface area contributed by atoms with Crippen LogP contribution in [0, 0.1) is 6.92 Å². The van der Waals surface area contributed by atoms with Crippen molar-refractivity contribution in [3.63, 3.8) is 0 Å². The van der Waals surface area contributed by atoms with E-state index >= 15 is 0 Å². The Kier molecular flexibility index (Phi) is 4.17. The second kappa shape index (κ2) is 6.14. The fourth-order valence-electron chi connectivity index (χ4n) is 2.59. The molecule has 24 heavy (non-hydrogen) atoms. The van der Waals surface area contributed by atoms with Gasteiger partial charge in [-0.1, -0.05) is 0 Å². The molecule has 0 bridgehead atoms. The largest absolute Gasteiger partial charge is 0.497 e. The average molecular weight is 342 g/mol. The highest BCUT2D eigenvalue weighted by molar-refractivity contribution is 7.89. The van der Waals surface area contributed by atoms with Gasteiger partial charge in [0.25, 0.3) is 0 Å². The number of nitrogens with two attached hydrogens (primary N) is 1. The zero-order valence-electron chi connectivity index (χ0n) is 13.4. The molecule has 0 saturated heterocycles. The van der Waals surface area contributed by atoms with Crippen LogP contribution in [0.25, 0.3) is 16.9 Å². The van der Waals surface area contributed by atoms with Crippen LogP contribution in [0.2, 0.25) is 0 Å². The summed E-state index contributed by atoms with van der Waals surface area (Å²) in [6.07, 6.45) is 2.01. The first-order valence-corrected chi connectivity index (χ1v) is 8.90. The van der Waals surface area contributed by atoms with Crippen LogP contribution < -0.4 is 9.88 Å². The molecular weight excluding hydrogens is 324 g/mol. The van der Waals surface area contributed by atoms with Crippen molar-refractivity contribution in [3.05, 3.63) is 66.4 Å². The number of aromatic nitrogens is 1. The molecule has 3 rings (SSSR count). The summed E-state index contributed by atoms with van der Waals surface area (Å²) >= 11 is 0. The van der Waals surface area contributed by atoms with E-state index in [0.29, 0.717) is 0 Å². The number of hydrogen-bond donors (Lipinski definition) is 1. The van der Waals surface area contributed by atoms with Gasteiger partial charge in [0, 0.05) is 11.9 Å². The van der Waals surface area contributed by atoms with Crippen molar-refractivity contribution in [3.8, 4) is 22.7 Å². The van der Waals surface area contributed by atoms with Crippen molar-refractivity contribution in [1.29, 1.82) is 0 Å². The van der Waals surface area contributed by atoms with E-state index in [1.165, 1.54) is 12.1 Å². The number of nitrogens with zero attached hydrogens (tertiary/aromatic N) is 1. The van der Waals surface area contributed by atoms with E-state index < -0.39 is 10.0 Å². The summed E-state index contributed by atoms with van der Waals surface area (Å²) < 4.78 is 30.0. The fraction of sp³-hybridized carbons (Fsp3) is 0.111. The molecule has 0 atom stereocenters. The van der Waals surface area contributed by atoms with Gasteiger partial charge in [-0.15, -0.1) is 0 Å². The average Bonchev–Trinajstić information content (AvgIpc) is 2.96. The maximum atomic E-state index is 11.4. The molecule has 1 heterocycles. The Bertz CT molecular complexity index is 957. The van der Waals surface area contributed by atoms with E-state index in [-0.39, 0.29) is 4.90 Å². The van der Waals surface area contributed by atoms with Crippen LogP contribution in [0.1, 0.15) is 5.56 Å². The van der Waals surface area contributed by atoms with Gasteiger partial charge in [-0.2, -0.15) is 0 Å². The zero-order chi connectivity index (χ0) is 17.3. The first kappa shape index (κ1) is 16.3. The molecule has 0 spiro atoms. The summed E-state index contributed by atoms with van der Waals surface area (Å²) in [4.78, 5) is 0.0983. The molecule has 0 aliphatic carbocycles. The van der Waals surface area contributed by atoms with Crippen molar-refractivity contribution in [2.24, 2.45) is 5.14 Å². The van der Waals surface area contributed by atoms with Gasteiger partial charge in [0.05, 0.1) is 17.7 Å². The van der Waals surface area contributed by atoms with Crippen molar-refractivity contribution in [2.75, 3.05) is 7.11 Å². The molecule has 0 fully saturated rings. The molecule has 5 nitrogen and oxygen atoms in total. The Morgan fingerprint density at radius 3 is 2.17 bits per heavy atom. The predicted octanol–water partition coefficient (Wildman–Crippen LogP) is 3.11. The van der Waals surface area contributed by atoms with Gasteiger partial charge in [-0.25, -0.2) is 13.6 Å². The fourth-order valence-corrected chi connectivity index (χ4v) is 3.11. The number of hydrogen-bond acceptors (Lipinski definition) is 3. The highest BCUT2D eigenvalue weighted by Gasteiger charge is 2.11. The maximum Gasteiger partial charge on any atom is 0.238 e. The molecule has 0 amide bonds. The predicted molar refractivity (Wildman–Crippen MR) is 93.9 cm³/mol. The number of primary sulfonamides is 1. The third-order valence-corrected chi connectivity index (χ3v) is 4.72. The normalized spacial score (nSPS) is 11.5. The van der Waals surface area contributed by atoms with Crippen LogP contribution in [-0.2, 0) is 10.0 Å². The number of benzene rings is 2. The summed E-state index contributed by atoms with van der Waals surface area (Å²) in [7, 11) is -2.06. The van der Waals surface area contributed by atoms with Crippen LogP contribution in [0.5, 0.6) is 5.75 Å². The van der Waals surface area contributed by atoms with Gasteiger partial charge < -0.3 is 9.30 Å². The molecule has 0 aliphatic heterocycles. The SMILES string of the molecule is COc1ccc(-c2cc(C)cn2-c2ccc(S(N)(=O)=O)cc2)cc1. The van der Waals surface area contributed by atoms with Gasteiger partial charge in [-0.05, 0) is 72.6 Å². The van der Waals surface area contributed by atoms with Crippen LogP contribution in [0.15, 0.2) is 65.7 Å². The highest BCUT2D eigenvalue weighted by Crippen LogP contribution is 2.27. The van der Waals surface area contributed by atoms with Crippen molar-refractivity contribution in [1.82, 2.24) is 4.57 Å². The van der Waals surface area contributed by atoms with Gasteiger partial charge in [0.15, 0.2) is 0 Å². The van der Waals surface area contributed by atoms with Gasteiger partial charge in [-0.3, -0.25) is 0 Å². The molecule has 0 radical (unpaired) electrons. The van der Waals surface area contributed by atoms with Crippen LogP contribution in [-0.4, -0.2) is 20.1 Å². The third kappa shape index (κ3) is 3.20. The molecule has 0 unspecified atom stereocenters. The topological polar surface area (TPSA) is 74.3 Å². The van der Waals surface area contributed by atoms with Crippen LogP contribution in [0.3, 0.4) is 0 Å². The maximum absolute atomic E-state index is 11.4. The number of methoxy groups -OCH3 is 1. The van der Waals surface area contributed by atoms with E-state index in [1.54, 1.807) is 19.2 Å². The lowest BCUT2D eigenvalue weighted by Crippen LogP contribution is -2.12. The molecule has 6 heteroatoms. The van der Waals surface area contributed by atoms with Crippen molar-refractivity contribution in [2.45, 2.75) is 11.8 Å². The van der Waals surface area contributed by atoms with Crippen LogP contribution >= 0.6 is 0 Å². The van der Waals surface area contributed by atoms with E-state index in [2.05, 4.69) is 6.07 Å². The van der Waals surface area contributed by atoms with Gasteiger partial charge >= 0.3 is 0 Å². The van der Waals surface area contributed by atoms with Crippen molar-refractivity contribution >= 4 is 10.0 Å². The first-order valence-electron chi connectivity index (χ1n) is 7.35. The lowest BCUT2D eigenvalue weighted by atomic mass is 10.1. The molecule has 3 aromatic rings. The lowest BCUT2D eigenvalue weighted by molar-refractivity contribution is 0.415. The smallest absolute Gasteiger partial charge is 0.238 e. The highest BCUT2D eigenvalue weighted by atomic mass is 32.2. The Labute approximate surface area is 141 Å². The number of ether oxygens (including phenoxy) is 1. The van der Waals surface area contributed by atoms with E-state index in [0.717, 1.165) is 28.3 Å². The molecule has 2 N–H and O–H groups in total. The summed E-state index contributed by atoms with van der Waals surface area (Å²) in [5.74, 6) is 0.797. The zero-order valence-corrected chi connectivity index (χ0v) is 14.2. The Hall–Kier alpha value is -2.57. The monoisotopic (exact) mass is 342 g/mol. The number of sulfonamides is 1. The summed E-state index contributed by atoms with van der Waals surface area (Å²) in [6.45, 7) is 2.02. The first-order chi connectivity index (χ1) is 11.4. The van der Waals surface area contributed by atoms with Gasteiger partial charge in [0.1, 0.15) is 5.75 Å². The molecule has 0 aliphatic rings. The second-order valence-electron chi connectivity index (χ2n) is 5.54. The Morgan fingerprint density at radius 1 is 1.00 bits per heavy atom. The quantitative estimate of drug-likeness (QED) is 0.791. The lowest BCUT2D eigenvalue weighted by Gasteiger charge is -2.10. The standard InChI is InChI=1S/C18H18N2O3S/c1-13-11-18(14-3-7-16(23-2)8-4-14)20(12-13)15-5-9-17(10-6-15)24(19,21)22/h3-12H,1-2H3,(H2,19,21,22). The molecule has 2 aromatic carbocycles. The molecule has 0 saturated carbocycles. The van der Waals surface area contributed by atoms with Crippen LogP contribution in [0.4, 0.5) is 0 Å². The number of rotatable bonds is 4.